The molecule has 0 radical (unpaired) electrons. The maximum absolute atomic E-state index is 12.7. The van der Waals surface area contributed by atoms with E-state index in [1.807, 2.05) is 86.6 Å². The van der Waals surface area contributed by atoms with Gasteiger partial charge in [0.15, 0.2) is 5.82 Å². The molecule has 0 saturated heterocycles. The molecular formula is C26H26N4O3. The third-order valence-corrected chi connectivity index (χ3v) is 5.15. The van der Waals surface area contributed by atoms with Crippen molar-refractivity contribution in [1.82, 2.24) is 14.8 Å². The summed E-state index contributed by atoms with van der Waals surface area (Å²) in [6, 6.07) is 23.2. The molecule has 0 aliphatic heterocycles. The number of hydrogen-bond donors (Lipinski definition) is 1. The Kier molecular flexibility index (Phi) is 6.80. The number of anilines is 1. The minimum atomic E-state index is -0.173. The Balaban J connectivity index is 1.67. The van der Waals surface area contributed by atoms with E-state index in [4.69, 9.17) is 9.47 Å². The molecular weight excluding hydrogens is 416 g/mol. The first kappa shape index (κ1) is 22.2. The van der Waals surface area contributed by atoms with Crippen molar-refractivity contribution >= 4 is 11.6 Å². The zero-order valence-electron chi connectivity index (χ0n) is 18.9. The molecule has 33 heavy (non-hydrogen) atoms. The number of carbonyl (C=O) groups excluding carboxylic acids is 1. The van der Waals surface area contributed by atoms with E-state index in [1.54, 1.807) is 11.8 Å². The zero-order valence-corrected chi connectivity index (χ0v) is 18.9. The van der Waals surface area contributed by atoms with Crippen LogP contribution >= 0.6 is 0 Å². The molecule has 168 valence electrons. The predicted molar refractivity (Wildman–Crippen MR) is 128 cm³/mol. The number of nitrogens with one attached hydrogen (secondary N) is 1. The minimum Gasteiger partial charge on any atom is -0.460 e. The number of hydrogen-bond acceptors (Lipinski definition) is 5. The van der Waals surface area contributed by atoms with Crippen molar-refractivity contribution in [2.24, 2.45) is 0 Å². The summed E-state index contributed by atoms with van der Waals surface area (Å²) in [5.74, 6) is 0.482. The van der Waals surface area contributed by atoms with E-state index in [0.717, 1.165) is 22.4 Å². The lowest BCUT2D eigenvalue weighted by molar-refractivity contribution is 0.102. The largest absolute Gasteiger partial charge is 0.460 e. The van der Waals surface area contributed by atoms with Crippen LogP contribution in [0.5, 0.6) is 6.01 Å². The van der Waals surface area contributed by atoms with Gasteiger partial charge in [0, 0.05) is 23.9 Å². The Bertz CT molecular complexity index is 1250. The molecule has 0 bridgehead atoms. The molecule has 0 aliphatic rings. The van der Waals surface area contributed by atoms with Gasteiger partial charge in [-0.25, -0.2) is 4.68 Å². The van der Waals surface area contributed by atoms with Crippen LogP contribution in [-0.2, 0) is 4.74 Å². The van der Waals surface area contributed by atoms with E-state index in [2.05, 4.69) is 15.4 Å². The van der Waals surface area contributed by atoms with E-state index in [1.165, 1.54) is 0 Å². The summed E-state index contributed by atoms with van der Waals surface area (Å²) >= 11 is 0. The number of rotatable bonds is 8. The number of aryl methyl sites for hydroxylation is 2. The van der Waals surface area contributed by atoms with E-state index in [0.29, 0.717) is 30.3 Å². The van der Waals surface area contributed by atoms with Crippen LogP contribution in [-0.4, -0.2) is 41.0 Å². The van der Waals surface area contributed by atoms with Gasteiger partial charge in [-0.2, -0.15) is 4.98 Å². The molecule has 7 heteroatoms. The van der Waals surface area contributed by atoms with Gasteiger partial charge in [-0.05, 0) is 49.7 Å². The first-order valence-corrected chi connectivity index (χ1v) is 10.7. The quantitative estimate of drug-likeness (QED) is 0.396. The van der Waals surface area contributed by atoms with E-state index < -0.39 is 0 Å². The summed E-state index contributed by atoms with van der Waals surface area (Å²) in [6.07, 6.45) is 0. The summed E-state index contributed by atoms with van der Waals surface area (Å²) < 4.78 is 12.5. The van der Waals surface area contributed by atoms with Gasteiger partial charge in [-0.15, -0.1) is 5.10 Å². The van der Waals surface area contributed by atoms with Gasteiger partial charge in [0.25, 0.3) is 5.91 Å². The Morgan fingerprint density at radius 1 is 0.970 bits per heavy atom. The van der Waals surface area contributed by atoms with Gasteiger partial charge in [0.05, 0.1) is 12.3 Å². The van der Waals surface area contributed by atoms with E-state index in [9.17, 15) is 4.79 Å². The Morgan fingerprint density at radius 2 is 1.76 bits per heavy atom. The van der Waals surface area contributed by atoms with Crippen molar-refractivity contribution in [3.8, 4) is 23.1 Å². The van der Waals surface area contributed by atoms with Gasteiger partial charge in [0.2, 0.25) is 0 Å². The average molecular weight is 443 g/mol. The molecule has 0 unspecified atom stereocenters. The summed E-state index contributed by atoms with van der Waals surface area (Å²) in [7, 11) is 1.62. The SMILES string of the molecule is COCCOc1nc(-c2ccccc2C)n(-c2cccc(NC(=O)c3ccc(C)cc3)c2)n1. The van der Waals surface area contributed by atoms with Gasteiger partial charge in [-0.3, -0.25) is 4.79 Å². The highest BCUT2D eigenvalue weighted by molar-refractivity contribution is 6.04. The van der Waals surface area contributed by atoms with Crippen LogP contribution in [0.3, 0.4) is 0 Å². The van der Waals surface area contributed by atoms with Crippen LogP contribution < -0.4 is 10.1 Å². The van der Waals surface area contributed by atoms with Crippen molar-refractivity contribution in [2.75, 3.05) is 25.6 Å². The van der Waals surface area contributed by atoms with Crippen LogP contribution in [0.15, 0.2) is 72.8 Å². The average Bonchev–Trinajstić information content (AvgIpc) is 3.24. The van der Waals surface area contributed by atoms with E-state index >= 15 is 0 Å². The molecule has 1 heterocycles. The van der Waals surface area contributed by atoms with Crippen LogP contribution in [0, 0.1) is 13.8 Å². The van der Waals surface area contributed by atoms with Crippen molar-refractivity contribution in [1.29, 1.82) is 0 Å². The Labute approximate surface area is 193 Å². The van der Waals surface area contributed by atoms with Crippen molar-refractivity contribution in [2.45, 2.75) is 13.8 Å². The predicted octanol–water partition coefficient (Wildman–Crippen LogP) is 4.83. The standard InChI is InChI=1S/C26H26N4O3/c1-18-11-13-20(14-12-18)25(31)27-21-8-6-9-22(17-21)30-24(23-10-5-4-7-19(23)2)28-26(29-30)33-16-15-32-3/h4-14,17H,15-16H2,1-3H3,(H,27,31). The Morgan fingerprint density at radius 3 is 2.52 bits per heavy atom. The lowest BCUT2D eigenvalue weighted by atomic mass is 10.1. The van der Waals surface area contributed by atoms with Crippen molar-refractivity contribution in [3.63, 3.8) is 0 Å². The molecule has 0 saturated carbocycles. The summed E-state index contributed by atoms with van der Waals surface area (Å²) in [5, 5.41) is 7.53. The molecule has 3 aromatic carbocycles. The molecule has 0 spiro atoms. The summed E-state index contributed by atoms with van der Waals surface area (Å²) in [5.41, 5.74) is 5.13. The van der Waals surface area contributed by atoms with Crippen LogP contribution in [0.25, 0.3) is 17.1 Å². The number of nitrogens with zero attached hydrogens (tertiary/aromatic N) is 3. The fourth-order valence-electron chi connectivity index (χ4n) is 3.37. The second kappa shape index (κ2) is 10.1. The maximum atomic E-state index is 12.7. The van der Waals surface area contributed by atoms with Crippen LogP contribution in [0.1, 0.15) is 21.5 Å². The van der Waals surface area contributed by atoms with Crippen molar-refractivity contribution in [3.05, 3.63) is 89.5 Å². The van der Waals surface area contributed by atoms with Gasteiger partial charge in [-0.1, -0.05) is 48.0 Å². The molecule has 1 aromatic heterocycles. The third-order valence-electron chi connectivity index (χ3n) is 5.15. The first-order valence-electron chi connectivity index (χ1n) is 10.7. The third kappa shape index (κ3) is 5.27. The Hall–Kier alpha value is -3.97. The fraction of sp³-hybridized carbons (Fsp3) is 0.192. The lowest BCUT2D eigenvalue weighted by Gasteiger charge is -2.10. The van der Waals surface area contributed by atoms with Crippen LogP contribution in [0.4, 0.5) is 5.69 Å². The maximum Gasteiger partial charge on any atom is 0.336 e. The van der Waals surface area contributed by atoms with Gasteiger partial charge < -0.3 is 14.8 Å². The number of amides is 1. The highest BCUT2D eigenvalue weighted by Gasteiger charge is 2.17. The van der Waals surface area contributed by atoms with E-state index in [-0.39, 0.29) is 11.9 Å². The molecule has 1 amide bonds. The number of aromatic nitrogens is 3. The number of methoxy groups -OCH3 is 1. The first-order chi connectivity index (χ1) is 16.0. The minimum absolute atomic E-state index is 0.173. The fourth-order valence-corrected chi connectivity index (χ4v) is 3.37. The molecule has 0 atom stereocenters. The molecule has 1 N–H and O–H groups in total. The summed E-state index contributed by atoms with van der Waals surface area (Å²) in [6.45, 7) is 4.80. The highest BCUT2D eigenvalue weighted by atomic mass is 16.5. The lowest BCUT2D eigenvalue weighted by Crippen LogP contribution is -2.12. The van der Waals surface area contributed by atoms with Gasteiger partial charge >= 0.3 is 6.01 Å². The highest BCUT2D eigenvalue weighted by Crippen LogP contribution is 2.27. The molecule has 4 aromatic rings. The van der Waals surface area contributed by atoms with Crippen molar-refractivity contribution < 1.29 is 14.3 Å². The molecule has 4 rings (SSSR count). The number of ether oxygens (including phenoxy) is 2. The topological polar surface area (TPSA) is 78.3 Å². The monoisotopic (exact) mass is 442 g/mol. The van der Waals surface area contributed by atoms with Crippen LogP contribution in [0.2, 0.25) is 0 Å². The zero-order chi connectivity index (χ0) is 23.2. The summed E-state index contributed by atoms with van der Waals surface area (Å²) in [4.78, 5) is 17.3. The normalized spacial score (nSPS) is 10.8. The smallest absolute Gasteiger partial charge is 0.336 e. The second-order valence-corrected chi connectivity index (χ2v) is 7.66. The number of benzene rings is 3. The molecule has 7 nitrogen and oxygen atoms in total. The number of carbonyl (C=O) groups is 1. The molecule has 0 aliphatic carbocycles. The second-order valence-electron chi connectivity index (χ2n) is 7.66. The van der Waals surface area contributed by atoms with Gasteiger partial charge in [0.1, 0.15) is 6.61 Å². The molecule has 0 fully saturated rings.